The molecular weight excluding hydrogens is 937 g/mol. The van der Waals surface area contributed by atoms with Gasteiger partial charge >= 0.3 is 0 Å². The molecule has 0 N–H and O–H groups in total. The molecule has 0 aliphatic rings. The minimum Gasteiger partial charge on any atom is -0.0613 e. The van der Waals surface area contributed by atoms with Gasteiger partial charge in [0.05, 0.1) is 0 Å². The Bertz CT molecular complexity index is 2980. The van der Waals surface area contributed by atoms with E-state index in [2.05, 4.69) is 312 Å². The fraction of sp³-hybridized carbons (Fsp3) is 0.385. The zero-order valence-corrected chi connectivity index (χ0v) is 51.9. The lowest BCUT2D eigenvalue weighted by Crippen LogP contribution is -2.11. The van der Waals surface area contributed by atoms with Crippen LogP contribution in [-0.4, -0.2) is 0 Å². The number of rotatable bonds is 0. The Balaban J connectivity index is 1.72. The Hall–Kier alpha value is -7.32. The third-order valence-corrected chi connectivity index (χ3v) is 15.6. The molecule has 0 heterocycles. The summed E-state index contributed by atoms with van der Waals surface area (Å²) in [6.07, 6.45) is 0. The average Bonchev–Trinajstić information content (AvgIpc) is 3.37. The first-order chi connectivity index (χ1) is 35.9. The van der Waals surface area contributed by atoms with Crippen molar-refractivity contribution in [1.29, 1.82) is 0 Å². The van der Waals surface area contributed by atoms with Gasteiger partial charge in [0.25, 0.3) is 0 Å². The number of aryl methyl sites for hydroxylation is 6. The van der Waals surface area contributed by atoms with Crippen LogP contribution in [0.15, 0.2) is 72.8 Å². The summed E-state index contributed by atoms with van der Waals surface area (Å²) in [6.45, 7) is 53.6. The molecule has 0 fully saturated rings. The van der Waals surface area contributed by atoms with Gasteiger partial charge in [-0.25, -0.2) is 0 Å². The molecule has 78 heavy (non-hydrogen) atoms. The molecule has 0 spiro atoms. The van der Waals surface area contributed by atoms with Gasteiger partial charge in [-0.05, 0) is 214 Å². The van der Waals surface area contributed by atoms with Crippen LogP contribution in [0.25, 0.3) is 64.6 Å². The van der Waals surface area contributed by atoms with Crippen molar-refractivity contribution < 1.29 is 0 Å². The van der Waals surface area contributed by atoms with Crippen molar-refractivity contribution in [2.24, 2.45) is 0 Å². The van der Waals surface area contributed by atoms with Crippen LogP contribution in [0.4, 0.5) is 0 Å². The van der Waals surface area contributed by atoms with Crippen LogP contribution < -0.4 is 0 Å². The van der Waals surface area contributed by atoms with Crippen molar-refractivity contribution in [1.82, 2.24) is 0 Å². The summed E-state index contributed by atoms with van der Waals surface area (Å²) in [7, 11) is 0. The first kappa shape index (κ1) is 58.4. The average molecular weight is 1020 g/mol. The molecule has 0 saturated carbocycles. The van der Waals surface area contributed by atoms with E-state index < -0.39 is 0 Å². The van der Waals surface area contributed by atoms with Crippen molar-refractivity contribution in [3.05, 3.63) is 212 Å². The summed E-state index contributed by atoms with van der Waals surface area (Å²) in [5.41, 5.74) is 12.8. The van der Waals surface area contributed by atoms with Crippen LogP contribution in [0.5, 0.6) is 0 Å². The van der Waals surface area contributed by atoms with E-state index in [-0.39, 0.29) is 32.5 Å². The molecule has 0 aliphatic heterocycles. The zero-order chi connectivity index (χ0) is 57.8. The van der Waals surface area contributed by atoms with Crippen LogP contribution in [0.3, 0.4) is 0 Å². The Labute approximate surface area is 473 Å². The van der Waals surface area contributed by atoms with E-state index in [1.807, 2.05) is 0 Å². The molecule has 0 heteroatoms. The predicted octanol–water partition coefficient (Wildman–Crippen LogP) is 20.9. The largest absolute Gasteiger partial charge is 0.0613 e. The highest BCUT2D eigenvalue weighted by Crippen LogP contribution is 2.33. The molecule has 12 bridgehead atoms. The molecule has 0 aromatic heterocycles. The number of hydrogen-bond donors (Lipinski definition) is 0. The highest BCUT2D eigenvalue weighted by Gasteiger charge is 2.20. The molecular formula is C78H84. The zero-order valence-electron chi connectivity index (χ0n) is 51.9. The minimum atomic E-state index is -0.131. The van der Waals surface area contributed by atoms with Gasteiger partial charge in [-0.15, -0.1) is 0 Å². The van der Waals surface area contributed by atoms with Crippen LogP contribution in [0.2, 0.25) is 0 Å². The van der Waals surface area contributed by atoms with Crippen molar-refractivity contribution in [2.45, 2.75) is 199 Å². The van der Waals surface area contributed by atoms with Crippen LogP contribution >= 0.6 is 0 Å². The van der Waals surface area contributed by atoms with E-state index in [1.165, 1.54) is 33.4 Å². The highest BCUT2D eigenvalue weighted by atomic mass is 14.2. The Morgan fingerprint density at radius 1 is 0.167 bits per heavy atom. The van der Waals surface area contributed by atoms with Gasteiger partial charge in [-0.2, -0.15) is 0 Å². The number of hydrogen-bond acceptors (Lipinski definition) is 0. The van der Waals surface area contributed by atoms with Gasteiger partial charge in [0.1, 0.15) is 0 Å². The molecule has 0 atom stereocenters. The lowest BCUT2D eigenvalue weighted by molar-refractivity contribution is 0.591. The molecule has 0 nitrogen and oxygen atoms in total. The first-order valence-corrected chi connectivity index (χ1v) is 27.9. The van der Waals surface area contributed by atoms with Gasteiger partial charge in [0.15, 0.2) is 0 Å². The van der Waals surface area contributed by atoms with Gasteiger partial charge < -0.3 is 0 Å². The van der Waals surface area contributed by atoms with Gasteiger partial charge in [-0.3, -0.25) is 0 Å². The van der Waals surface area contributed by atoms with E-state index >= 15 is 0 Å². The van der Waals surface area contributed by atoms with Crippen LogP contribution in [0, 0.1) is 114 Å². The smallest absolute Gasteiger partial charge is 0.0293 e. The SMILES string of the molecule is Cc1c2c#cc3cc(C(C)(C)C)cc(c#cc4cc(C(C)(C)C)cc(c#cc5cc(C(C)(C)C)cc(c#cc6cc(C(C)(C)C)cc(c#cc7cc(C(C)(C)C)cc(c#cc1cc(C(C)(C)C)c2)c7C)c6C)c5C)c4C)c3C. The third kappa shape index (κ3) is 13.1. The van der Waals surface area contributed by atoms with Crippen LogP contribution in [-0.2, 0) is 32.5 Å². The van der Waals surface area contributed by atoms with Crippen LogP contribution in [0.1, 0.15) is 191 Å². The summed E-state index contributed by atoms with van der Waals surface area (Å²) in [5, 5.41) is 11.7. The number of fused-ring (bicyclic) bond motifs is 12. The molecule has 0 radical (unpaired) electrons. The normalized spacial score (nSPS) is 12.0. The van der Waals surface area contributed by atoms with Crippen molar-refractivity contribution in [3.63, 3.8) is 0 Å². The van der Waals surface area contributed by atoms with Crippen molar-refractivity contribution in [3.8, 4) is 0 Å². The molecule has 0 aliphatic carbocycles. The summed E-state index contributed by atoms with van der Waals surface area (Å²) in [5.74, 6) is 0. The summed E-state index contributed by atoms with van der Waals surface area (Å²) in [6, 6.07) is 71.4. The Kier molecular flexibility index (Phi) is 15.8. The molecule has 7 aromatic carbocycles. The number of benzene rings is 6. The topological polar surface area (TPSA) is 0 Å². The molecule has 7 rings (SSSR count). The van der Waals surface area contributed by atoms with E-state index in [0.29, 0.717) is 0 Å². The fourth-order valence-electron chi connectivity index (χ4n) is 9.25. The molecule has 0 unspecified atom stereocenters. The standard InChI is InChI=1S/C78H84/c1-49-55-25-27-57-39-68(74(10,11)12)41-59(50(57)2)29-31-61-43-70(76(16,17)18)45-63(52(61)4)33-35-65-47-72(78(22,23)24)48-66(54(65)6)36-34-64-46-71(77(19,20)21)44-62(53(64)5)32-30-60-42-69(75(13,14)15)40-58(51(60)3)28-26-56(49)38-67(37-55)73(7,8)9/h37-48H,1-24H3. The highest BCUT2D eigenvalue weighted by molar-refractivity contribution is 5.82. The second kappa shape index (κ2) is 21.1. The molecule has 0 amide bonds. The van der Waals surface area contributed by atoms with Gasteiger partial charge in [0, 0.05) is 64.6 Å². The summed E-state index contributed by atoms with van der Waals surface area (Å²) >= 11 is 0. The Morgan fingerprint density at radius 2 is 0.244 bits per heavy atom. The predicted molar refractivity (Wildman–Crippen MR) is 337 cm³/mol. The lowest BCUT2D eigenvalue weighted by atomic mass is 9.84. The molecule has 396 valence electrons. The van der Waals surface area contributed by atoms with E-state index in [0.717, 1.165) is 98.0 Å². The second-order valence-electron chi connectivity index (χ2n) is 28.2. The summed E-state index contributed by atoms with van der Waals surface area (Å²) < 4.78 is 0. The Morgan fingerprint density at radius 3 is 0.308 bits per heavy atom. The lowest BCUT2D eigenvalue weighted by Gasteiger charge is -2.20. The first-order valence-electron chi connectivity index (χ1n) is 27.9. The fourth-order valence-corrected chi connectivity index (χ4v) is 9.25. The molecule has 7 aromatic rings. The van der Waals surface area contributed by atoms with Crippen molar-refractivity contribution >= 4 is 64.6 Å². The quantitative estimate of drug-likeness (QED) is 0.142. The van der Waals surface area contributed by atoms with E-state index in [4.69, 9.17) is 0 Å². The summed E-state index contributed by atoms with van der Waals surface area (Å²) in [4.78, 5) is 0. The van der Waals surface area contributed by atoms with Crippen molar-refractivity contribution in [2.75, 3.05) is 0 Å². The van der Waals surface area contributed by atoms with Gasteiger partial charge in [-0.1, -0.05) is 197 Å². The molecule has 0 saturated heterocycles. The minimum absolute atomic E-state index is 0.131. The maximum absolute atomic E-state index is 3.69. The monoisotopic (exact) mass is 1020 g/mol. The van der Waals surface area contributed by atoms with E-state index in [9.17, 15) is 0 Å². The third-order valence-electron chi connectivity index (χ3n) is 15.6. The van der Waals surface area contributed by atoms with Gasteiger partial charge in [0.2, 0.25) is 0 Å². The van der Waals surface area contributed by atoms with E-state index in [1.54, 1.807) is 0 Å². The maximum atomic E-state index is 3.69. The second-order valence-corrected chi connectivity index (χ2v) is 28.2. The maximum Gasteiger partial charge on any atom is 0.0293 e.